The van der Waals surface area contributed by atoms with E-state index in [1.165, 1.54) is 0 Å². The molecule has 0 radical (unpaired) electrons. The molecule has 0 fully saturated rings. The molecule has 3 aromatic rings. The van der Waals surface area contributed by atoms with E-state index in [4.69, 9.17) is 4.74 Å². The van der Waals surface area contributed by atoms with E-state index >= 15 is 0 Å². The lowest BCUT2D eigenvalue weighted by Crippen LogP contribution is -2.13. The molecule has 23 heavy (non-hydrogen) atoms. The van der Waals surface area contributed by atoms with Gasteiger partial charge in [0.1, 0.15) is 11.3 Å². The number of aromatic nitrogens is 3. The van der Waals surface area contributed by atoms with Crippen LogP contribution >= 0.6 is 0 Å². The van der Waals surface area contributed by atoms with Gasteiger partial charge in [-0.25, -0.2) is 9.50 Å². The van der Waals surface area contributed by atoms with Gasteiger partial charge >= 0.3 is 0 Å². The SMILES string of the molecule is COc1ccc(NC(=O)c2cnn3c(C)cc(C)nc23)c(C)c1. The van der Waals surface area contributed by atoms with Crippen LogP contribution < -0.4 is 10.1 Å². The van der Waals surface area contributed by atoms with Crippen LogP contribution in [-0.2, 0) is 0 Å². The molecule has 2 heterocycles. The number of nitrogens with zero attached hydrogens (tertiary/aromatic N) is 3. The Hall–Kier alpha value is -2.89. The van der Waals surface area contributed by atoms with Crippen LogP contribution in [0, 0.1) is 20.8 Å². The maximum absolute atomic E-state index is 12.6. The molecule has 2 aromatic heterocycles. The highest BCUT2D eigenvalue weighted by molar-refractivity contribution is 6.08. The highest BCUT2D eigenvalue weighted by Crippen LogP contribution is 2.22. The lowest BCUT2D eigenvalue weighted by molar-refractivity contribution is 0.102. The molecule has 0 saturated heterocycles. The molecule has 1 aromatic carbocycles. The van der Waals surface area contributed by atoms with Gasteiger partial charge in [0.05, 0.1) is 13.3 Å². The van der Waals surface area contributed by atoms with Gasteiger partial charge in [-0.3, -0.25) is 4.79 Å². The molecule has 1 amide bonds. The number of rotatable bonds is 3. The summed E-state index contributed by atoms with van der Waals surface area (Å²) < 4.78 is 6.84. The van der Waals surface area contributed by atoms with Crippen molar-refractivity contribution in [2.24, 2.45) is 0 Å². The molecule has 0 atom stereocenters. The van der Waals surface area contributed by atoms with Crippen LogP contribution in [0.2, 0.25) is 0 Å². The van der Waals surface area contributed by atoms with Crippen molar-refractivity contribution in [3.8, 4) is 5.75 Å². The van der Waals surface area contributed by atoms with E-state index < -0.39 is 0 Å². The van der Waals surface area contributed by atoms with Gasteiger partial charge in [-0.2, -0.15) is 5.10 Å². The molecule has 0 spiro atoms. The van der Waals surface area contributed by atoms with Crippen LogP contribution in [0.25, 0.3) is 5.65 Å². The third-order valence-corrected chi connectivity index (χ3v) is 3.70. The summed E-state index contributed by atoms with van der Waals surface area (Å²) in [6.07, 6.45) is 1.54. The van der Waals surface area contributed by atoms with Crippen LogP contribution in [0.5, 0.6) is 5.75 Å². The minimum Gasteiger partial charge on any atom is -0.497 e. The summed E-state index contributed by atoms with van der Waals surface area (Å²) >= 11 is 0. The number of anilines is 1. The van der Waals surface area contributed by atoms with Crippen molar-refractivity contribution in [2.75, 3.05) is 12.4 Å². The average molecular weight is 310 g/mol. The Morgan fingerprint density at radius 3 is 2.70 bits per heavy atom. The third kappa shape index (κ3) is 2.75. The zero-order valence-electron chi connectivity index (χ0n) is 13.5. The number of amides is 1. The molecule has 6 nitrogen and oxygen atoms in total. The highest BCUT2D eigenvalue weighted by atomic mass is 16.5. The van der Waals surface area contributed by atoms with Gasteiger partial charge in [0.2, 0.25) is 0 Å². The standard InChI is InChI=1S/C17H18N4O2/c1-10-7-13(23-4)5-6-15(10)20-17(22)14-9-18-21-12(3)8-11(2)19-16(14)21/h5-9H,1-4H3,(H,20,22). The topological polar surface area (TPSA) is 68.5 Å². The number of hydrogen-bond donors (Lipinski definition) is 1. The van der Waals surface area contributed by atoms with Gasteiger partial charge in [-0.1, -0.05) is 0 Å². The quantitative estimate of drug-likeness (QED) is 0.807. The third-order valence-electron chi connectivity index (χ3n) is 3.70. The minimum absolute atomic E-state index is 0.231. The van der Waals surface area contributed by atoms with Crippen LogP contribution in [-0.4, -0.2) is 27.6 Å². The minimum atomic E-state index is -0.231. The van der Waals surface area contributed by atoms with Gasteiger partial charge in [-0.05, 0) is 50.6 Å². The zero-order valence-corrected chi connectivity index (χ0v) is 13.5. The van der Waals surface area contributed by atoms with Crippen molar-refractivity contribution in [1.29, 1.82) is 0 Å². The molecule has 0 saturated carbocycles. The van der Waals surface area contributed by atoms with E-state index in [-0.39, 0.29) is 5.91 Å². The zero-order chi connectivity index (χ0) is 16.6. The molecule has 1 N–H and O–H groups in total. The number of aryl methyl sites for hydroxylation is 3. The Labute approximate surface area is 134 Å². The molecule has 0 aliphatic carbocycles. The second kappa shape index (κ2) is 5.72. The van der Waals surface area contributed by atoms with Crippen LogP contribution in [0.3, 0.4) is 0 Å². The van der Waals surface area contributed by atoms with Gasteiger partial charge in [0, 0.05) is 17.1 Å². The molecular formula is C17H18N4O2. The lowest BCUT2D eigenvalue weighted by atomic mass is 10.2. The monoisotopic (exact) mass is 310 g/mol. The van der Waals surface area contributed by atoms with Gasteiger partial charge in [-0.15, -0.1) is 0 Å². The predicted molar refractivity (Wildman–Crippen MR) is 88.1 cm³/mol. The van der Waals surface area contributed by atoms with Crippen molar-refractivity contribution in [1.82, 2.24) is 14.6 Å². The van der Waals surface area contributed by atoms with Crippen LogP contribution in [0.15, 0.2) is 30.5 Å². The number of benzene rings is 1. The number of hydrogen-bond acceptors (Lipinski definition) is 4. The fourth-order valence-corrected chi connectivity index (χ4v) is 2.52. The molecule has 0 aliphatic heterocycles. The van der Waals surface area contributed by atoms with E-state index in [0.717, 1.165) is 28.4 Å². The summed E-state index contributed by atoms with van der Waals surface area (Å²) in [7, 11) is 1.61. The summed E-state index contributed by atoms with van der Waals surface area (Å²) in [5, 5.41) is 7.15. The average Bonchev–Trinajstić information content (AvgIpc) is 2.93. The van der Waals surface area contributed by atoms with Crippen molar-refractivity contribution < 1.29 is 9.53 Å². The number of methoxy groups -OCH3 is 1. The van der Waals surface area contributed by atoms with E-state index in [9.17, 15) is 4.79 Å². The first kappa shape index (κ1) is 15.0. The smallest absolute Gasteiger partial charge is 0.261 e. The van der Waals surface area contributed by atoms with E-state index in [1.54, 1.807) is 17.8 Å². The van der Waals surface area contributed by atoms with E-state index in [1.807, 2.05) is 45.0 Å². The van der Waals surface area contributed by atoms with Crippen molar-refractivity contribution in [3.05, 3.63) is 53.0 Å². The predicted octanol–water partition coefficient (Wildman–Crippen LogP) is 2.92. The largest absolute Gasteiger partial charge is 0.497 e. The maximum Gasteiger partial charge on any atom is 0.261 e. The maximum atomic E-state index is 12.6. The van der Waals surface area contributed by atoms with Gasteiger partial charge in [0.25, 0.3) is 5.91 Å². The number of carbonyl (C=O) groups is 1. The summed E-state index contributed by atoms with van der Waals surface area (Å²) in [6, 6.07) is 7.43. The second-order valence-electron chi connectivity index (χ2n) is 5.47. The first-order valence-electron chi connectivity index (χ1n) is 7.27. The molecule has 0 aliphatic rings. The normalized spacial score (nSPS) is 10.8. The Morgan fingerprint density at radius 1 is 1.22 bits per heavy atom. The van der Waals surface area contributed by atoms with E-state index in [0.29, 0.717) is 11.2 Å². The Morgan fingerprint density at radius 2 is 2.00 bits per heavy atom. The fourth-order valence-electron chi connectivity index (χ4n) is 2.52. The number of ether oxygens (including phenoxy) is 1. The highest BCUT2D eigenvalue weighted by Gasteiger charge is 2.16. The first-order chi connectivity index (χ1) is 11.0. The first-order valence-corrected chi connectivity index (χ1v) is 7.27. The van der Waals surface area contributed by atoms with Crippen molar-refractivity contribution in [3.63, 3.8) is 0 Å². The van der Waals surface area contributed by atoms with Crippen molar-refractivity contribution >= 4 is 17.2 Å². The summed E-state index contributed by atoms with van der Waals surface area (Å²) in [4.78, 5) is 17.0. The molecule has 3 rings (SSSR count). The number of nitrogens with one attached hydrogen (secondary N) is 1. The van der Waals surface area contributed by atoms with Crippen molar-refractivity contribution in [2.45, 2.75) is 20.8 Å². The summed E-state index contributed by atoms with van der Waals surface area (Å²) in [5.41, 5.74) is 4.46. The Balaban J connectivity index is 1.95. The van der Waals surface area contributed by atoms with Gasteiger partial charge in [0.15, 0.2) is 5.65 Å². The summed E-state index contributed by atoms with van der Waals surface area (Å²) in [6.45, 7) is 5.75. The fraction of sp³-hybridized carbons (Fsp3) is 0.235. The Bertz CT molecular complexity index is 899. The number of fused-ring (bicyclic) bond motifs is 1. The van der Waals surface area contributed by atoms with Gasteiger partial charge < -0.3 is 10.1 Å². The lowest BCUT2D eigenvalue weighted by Gasteiger charge is -2.09. The summed E-state index contributed by atoms with van der Waals surface area (Å²) in [5.74, 6) is 0.523. The molecule has 0 unspecified atom stereocenters. The Kier molecular flexibility index (Phi) is 3.73. The van der Waals surface area contributed by atoms with E-state index in [2.05, 4.69) is 15.4 Å². The van der Waals surface area contributed by atoms with Crippen LogP contribution in [0.4, 0.5) is 5.69 Å². The molecule has 0 bridgehead atoms. The van der Waals surface area contributed by atoms with Crippen LogP contribution in [0.1, 0.15) is 27.3 Å². The molecule has 6 heteroatoms. The molecular weight excluding hydrogens is 292 g/mol. The second-order valence-corrected chi connectivity index (χ2v) is 5.47. The molecule has 118 valence electrons. The number of carbonyl (C=O) groups excluding carboxylic acids is 1.